The predicted octanol–water partition coefficient (Wildman–Crippen LogP) is 3.87. The van der Waals surface area contributed by atoms with E-state index in [1.807, 2.05) is 38.1 Å². The molecular formula is C18H20BrNO4. The number of halogens is 1. The summed E-state index contributed by atoms with van der Waals surface area (Å²) in [6.45, 7) is 5.36. The van der Waals surface area contributed by atoms with Crippen LogP contribution in [0.15, 0.2) is 45.3 Å². The largest absolute Gasteiger partial charge is 0.484 e. The highest BCUT2D eigenvalue weighted by Gasteiger charge is 2.28. The molecule has 2 aromatic rings. The third-order valence-electron chi connectivity index (χ3n) is 3.79. The van der Waals surface area contributed by atoms with Crippen LogP contribution in [0.2, 0.25) is 0 Å². The molecule has 1 aliphatic heterocycles. The Labute approximate surface area is 149 Å². The summed E-state index contributed by atoms with van der Waals surface area (Å²) in [6.07, 6.45) is 0.0665. The van der Waals surface area contributed by atoms with Gasteiger partial charge in [-0.05, 0) is 54.0 Å². The van der Waals surface area contributed by atoms with Crippen LogP contribution in [0.1, 0.15) is 30.2 Å². The summed E-state index contributed by atoms with van der Waals surface area (Å²) in [7, 11) is 0. The molecule has 0 spiro atoms. The topological polar surface area (TPSA) is 51.9 Å². The van der Waals surface area contributed by atoms with Gasteiger partial charge >= 0.3 is 0 Å². The van der Waals surface area contributed by atoms with E-state index >= 15 is 0 Å². The molecule has 5 nitrogen and oxygen atoms in total. The Hall–Kier alpha value is -1.79. The van der Waals surface area contributed by atoms with Crippen molar-refractivity contribution in [2.24, 2.45) is 0 Å². The number of hydrogen-bond donors (Lipinski definition) is 0. The van der Waals surface area contributed by atoms with Crippen LogP contribution in [0, 0.1) is 0 Å². The number of furan rings is 1. The average molecular weight is 394 g/mol. The second-order valence-corrected chi connectivity index (χ2v) is 6.81. The molecule has 3 rings (SSSR count). The number of carbonyl (C=O) groups is 1. The van der Waals surface area contributed by atoms with Gasteiger partial charge in [0.2, 0.25) is 0 Å². The fraction of sp³-hybridized carbons (Fsp3) is 0.389. The van der Waals surface area contributed by atoms with Crippen LogP contribution in [0.25, 0.3) is 0 Å². The van der Waals surface area contributed by atoms with Crippen molar-refractivity contribution in [3.63, 3.8) is 0 Å². The number of nitrogens with zero attached hydrogens (tertiary/aromatic N) is 1. The quantitative estimate of drug-likeness (QED) is 0.790. The first-order valence-electron chi connectivity index (χ1n) is 7.93. The molecule has 0 unspecified atom stereocenters. The first-order chi connectivity index (χ1) is 11.5. The van der Waals surface area contributed by atoms with Gasteiger partial charge in [-0.15, -0.1) is 0 Å². The van der Waals surface area contributed by atoms with E-state index in [0.717, 1.165) is 10.2 Å². The number of ether oxygens (including phenoxy) is 2. The standard InChI is InChI=1S/C18H20BrNO4/c1-12-9-20(10-13(2)23-12)18(21)17-8-7-14(24-17)11-22-16-6-4-3-5-15(16)19/h3-8,12-13H,9-11H2,1-2H3/t12-,13+. The van der Waals surface area contributed by atoms with E-state index in [4.69, 9.17) is 13.9 Å². The molecule has 0 saturated carbocycles. The summed E-state index contributed by atoms with van der Waals surface area (Å²) in [6, 6.07) is 11.1. The van der Waals surface area contributed by atoms with Crippen molar-refractivity contribution in [2.75, 3.05) is 13.1 Å². The van der Waals surface area contributed by atoms with Gasteiger partial charge in [0.05, 0.1) is 16.7 Å². The van der Waals surface area contributed by atoms with Crippen molar-refractivity contribution in [1.29, 1.82) is 0 Å². The molecule has 2 atom stereocenters. The van der Waals surface area contributed by atoms with Gasteiger partial charge in [0.25, 0.3) is 5.91 Å². The van der Waals surface area contributed by atoms with Gasteiger partial charge in [-0.2, -0.15) is 0 Å². The van der Waals surface area contributed by atoms with E-state index in [0.29, 0.717) is 24.6 Å². The predicted molar refractivity (Wildman–Crippen MR) is 93.1 cm³/mol. The molecule has 24 heavy (non-hydrogen) atoms. The molecule has 1 aromatic heterocycles. The zero-order valence-corrected chi connectivity index (χ0v) is 15.3. The summed E-state index contributed by atoms with van der Waals surface area (Å²) in [5.41, 5.74) is 0. The number of carbonyl (C=O) groups excluding carboxylic acids is 1. The molecule has 0 aliphatic carbocycles. The smallest absolute Gasteiger partial charge is 0.289 e. The Kier molecular flexibility index (Phi) is 5.26. The van der Waals surface area contributed by atoms with E-state index in [-0.39, 0.29) is 24.7 Å². The second-order valence-electron chi connectivity index (χ2n) is 5.95. The molecule has 0 bridgehead atoms. The first kappa shape index (κ1) is 17.0. The lowest BCUT2D eigenvalue weighted by Crippen LogP contribution is -2.48. The number of amides is 1. The molecular weight excluding hydrogens is 374 g/mol. The Morgan fingerprint density at radius 3 is 2.62 bits per heavy atom. The molecule has 0 N–H and O–H groups in total. The number of benzene rings is 1. The second kappa shape index (κ2) is 7.40. The molecule has 1 saturated heterocycles. The zero-order valence-electron chi connectivity index (χ0n) is 13.7. The van der Waals surface area contributed by atoms with Crippen molar-refractivity contribution in [1.82, 2.24) is 4.90 Å². The van der Waals surface area contributed by atoms with Gasteiger partial charge in [-0.1, -0.05) is 12.1 Å². The lowest BCUT2D eigenvalue weighted by molar-refractivity contribution is -0.0592. The number of morpholine rings is 1. The van der Waals surface area contributed by atoms with Crippen molar-refractivity contribution in [3.8, 4) is 5.75 Å². The van der Waals surface area contributed by atoms with Gasteiger partial charge in [0, 0.05) is 13.1 Å². The van der Waals surface area contributed by atoms with Crippen LogP contribution < -0.4 is 4.74 Å². The van der Waals surface area contributed by atoms with Crippen LogP contribution >= 0.6 is 15.9 Å². The molecule has 1 amide bonds. The Morgan fingerprint density at radius 1 is 1.21 bits per heavy atom. The van der Waals surface area contributed by atoms with E-state index < -0.39 is 0 Å². The number of para-hydroxylation sites is 1. The van der Waals surface area contributed by atoms with E-state index in [1.54, 1.807) is 17.0 Å². The molecule has 1 aliphatic rings. The first-order valence-corrected chi connectivity index (χ1v) is 8.73. The number of hydrogen-bond acceptors (Lipinski definition) is 4. The van der Waals surface area contributed by atoms with E-state index in [9.17, 15) is 4.79 Å². The lowest BCUT2D eigenvalue weighted by Gasteiger charge is -2.34. The number of rotatable bonds is 4. The fourth-order valence-corrected chi connectivity index (χ4v) is 3.18. The minimum atomic E-state index is -0.107. The van der Waals surface area contributed by atoms with Crippen molar-refractivity contribution in [2.45, 2.75) is 32.7 Å². The van der Waals surface area contributed by atoms with Crippen molar-refractivity contribution >= 4 is 21.8 Å². The normalized spacial score (nSPS) is 20.9. The highest BCUT2D eigenvalue weighted by molar-refractivity contribution is 9.10. The zero-order chi connectivity index (χ0) is 17.1. The molecule has 0 radical (unpaired) electrons. The molecule has 6 heteroatoms. The highest BCUT2D eigenvalue weighted by Crippen LogP contribution is 2.25. The minimum Gasteiger partial charge on any atom is -0.484 e. The van der Waals surface area contributed by atoms with Gasteiger partial charge in [-0.3, -0.25) is 4.79 Å². The maximum absolute atomic E-state index is 12.6. The van der Waals surface area contributed by atoms with E-state index in [1.165, 1.54) is 0 Å². The SMILES string of the molecule is C[C@@H]1CN(C(=O)c2ccc(COc3ccccc3Br)o2)C[C@H](C)O1. The molecule has 2 heterocycles. The molecule has 1 aromatic carbocycles. The molecule has 1 fully saturated rings. The third-order valence-corrected chi connectivity index (χ3v) is 4.44. The van der Waals surface area contributed by atoms with Crippen LogP contribution in [-0.2, 0) is 11.3 Å². The third kappa shape index (κ3) is 3.99. The summed E-state index contributed by atoms with van der Waals surface area (Å²) < 4.78 is 17.9. The maximum atomic E-state index is 12.6. The summed E-state index contributed by atoms with van der Waals surface area (Å²) in [5.74, 6) is 1.58. The summed E-state index contributed by atoms with van der Waals surface area (Å²) in [4.78, 5) is 14.3. The van der Waals surface area contributed by atoms with E-state index in [2.05, 4.69) is 15.9 Å². The van der Waals surface area contributed by atoms with Gasteiger partial charge < -0.3 is 18.8 Å². The summed E-state index contributed by atoms with van der Waals surface area (Å²) >= 11 is 3.43. The maximum Gasteiger partial charge on any atom is 0.289 e. The van der Waals surface area contributed by atoms with Crippen LogP contribution in [0.5, 0.6) is 5.75 Å². The average Bonchev–Trinajstić information content (AvgIpc) is 3.01. The lowest BCUT2D eigenvalue weighted by atomic mass is 10.2. The monoisotopic (exact) mass is 393 g/mol. The van der Waals surface area contributed by atoms with Gasteiger partial charge in [-0.25, -0.2) is 0 Å². The van der Waals surface area contributed by atoms with Crippen molar-refractivity contribution < 1.29 is 18.7 Å². The van der Waals surface area contributed by atoms with Crippen molar-refractivity contribution in [3.05, 3.63) is 52.4 Å². The van der Waals surface area contributed by atoms with Crippen LogP contribution in [-0.4, -0.2) is 36.1 Å². The molecule has 128 valence electrons. The minimum absolute atomic E-state index is 0.0332. The van der Waals surface area contributed by atoms with Crippen LogP contribution in [0.4, 0.5) is 0 Å². The summed E-state index contributed by atoms with van der Waals surface area (Å²) in [5, 5.41) is 0. The van der Waals surface area contributed by atoms with Crippen LogP contribution in [0.3, 0.4) is 0 Å². The highest BCUT2D eigenvalue weighted by atomic mass is 79.9. The Bertz CT molecular complexity index is 705. The Balaban J connectivity index is 1.62. The van der Waals surface area contributed by atoms with Gasteiger partial charge in [0.1, 0.15) is 18.1 Å². The Morgan fingerprint density at radius 2 is 1.92 bits per heavy atom. The fourth-order valence-electron chi connectivity index (χ4n) is 2.78. The van der Waals surface area contributed by atoms with Gasteiger partial charge in [0.15, 0.2) is 5.76 Å².